The van der Waals surface area contributed by atoms with Gasteiger partial charge < -0.3 is 36.1 Å². The number of amides is 1. The highest BCUT2D eigenvalue weighted by molar-refractivity contribution is 6.11. The minimum Gasteiger partial charge on any atom is -0.388 e. The molecule has 1 aromatic rings. The number of allylic oxidation sites excluding steroid dienone is 3. The van der Waals surface area contributed by atoms with Gasteiger partial charge in [0.1, 0.15) is 11.4 Å². The molecule has 3 heterocycles. The Morgan fingerprint density at radius 1 is 1.20 bits per heavy atom. The Balaban J connectivity index is 1.36. The number of hydrogen-bond donors (Lipinski definition) is 5. The van der Waals surface area contributed by atoms with Crippen molar-refractivity contribution in [3.8, 4) is 0 Å². The second kappa shape index (κ2) is 13.3. The number of pyridine rings is 1. The molecular weight excluding hydrogens is 537 g/mol. The maximum Gasteiger partial charge on any atom is 0.433 e. The second-order valence-electron chi connectivity index (χ2n) is 11.2. The van der Waals surface area contributed by atoms with E-state index in [1.165, 1.54) is 26.0 Å². The fourth-order valence-corrected chi connectivity index (χ4v) is 5.09. The third kappa shape index (κ3) is 8.71. The van der Waals surface area contributed by atoms with Crippen molar-refractivity contribution in [2.24, 2.45) is 0 Å². The number of aromatic nitrogens is 1. The quantitative estimate of drug-likeness (QED) is 0.306. The van der Waals surface area contributed by atoms with Crippen molar-refractivity contribution in [2.75, 3.05) is 39.3 Å². The largest absolute Gasteiger partial charge is 0.433 e. The van der Waals surface area contributed by atoms with Crippen LogP contribution in [0.5, 0.6) is 0 Å². The van der Waals surface area contributed by atoms with Gasteiger partial charge in [-0.15, -0.1) is 0 Å². The molecule has 4 rings (SSSR count). The first-order chi connectivity index (χ1) is 19.4. The van der Waals surface area contributed by atoms with Gasteiger partial charge >= 0.3 is 6.18 Å². The van der Waals surface area contributed by atoms with Crippen molar-refractivity contribution >= 4 is 11.6 Å². The molecule has 1 aliphatic carbocycles. The Bertz CT molecular complexity index is 1190. The highest BCUT2D eigenvalue weighted by Crippen LogP contribution is 2.29. The van der Waals surface area contributed by atoms with Crippen LogP contribution in [0.4, 0.5) is 13.2 Å². The third-order valence-electron chi connectivity index (χ3n) is 7.48. The molecule has 2 saturated heterocycles. The number of piperidine rings is 2. The molecule has 9 nitrogen and oxygen atoms in total. The molecule has 0 saturated carbocycles. The minimum atomic E-state index is -4.69. The van der Waals surface area contributed by atoms with Crippen molar-refractivity contribution < 1.29 is 27.8 Å². The van der Waals surface area contributed by atoms with Crippen LogP contribution in [-0.4, -0.2) is 83.7 Å². The summed E-state index contributed by atoms with van der Waals surface area (Å²) in [4.78, 5) is 18.7. The zero-order valence-corrected chi connectivity index (χ0v) is 23.5. The molecule has 3 aliphatic rings. The number of nitrogens with one attached hydrogen (secondary N) is 4. The van der Waals surface area contributed by atoms with Crippen LogP contribution in [0, 0.1) is 5.41 Å². The second-order valence-corrected chi connectivity index (χ2v) is 11.2. The number of alkyl halides is 3. The van der Waals surface area contributed by atoms with Gasteiger partial charge in [0.2, 0.25) is 0 Å². The molecule has 0 radical (unpaired) electrons. The normalized spacial score (nSPS) is 21.0. The summed E-state index contributed by atoms with van der Waals surface area (Å²) >= 11 is 0. The monoisotopic (exact) mass is 576 g/mol. The van der Waals surface area contributed by atoms with Crippen LogP contribution < -0.4 is 16.0 Å². The van der Waals surface area contributed by atoms with Crippen molar-refractivity contribution in [1.29, 1.82) is 5.41 Å². The molecule has 1 aromatic heterocycles. The lowest BCUT2D eigenvalue weighted by atomic mass is 9.87. The van der Waals surface area contributed by atoms with Crippen LogP contribution in [-0.2, 0) is 10.9 Å². The van der Waals surface area contributed by atoms with E-state index in [1.54, 1.807) is 12.3 Å². The van der Waals surface area contributed by atoms with Crippen molar-refractivity contribution in [2.45, 2.75) is 63.5 Å². The highest BCUT2D eigenvalue weighted by atomic mass is 19.4. The SMILES string of the molecule is CC(C)(O)C1=CC(=N)/C(=C\NC2CCN(CCOC3CCNCC3)CC2)C=C1NC(=O)c1cccc(C(F)(F)F)n1. The molecule has 1 amide bonds. The van der Waals surface area contributed by atoms with Crippen LogP contribution in [0.1, 0.15) is 55.7 Å². The topological polar surface area (TPSA) is 123 Å². The van der Waals surface area contributed by atoms with Gasteiger partial charge in [0.05, 0.1) is 24.0 Å². The lowest BCUT2D eigenvalue weighted by molar-refractivity contribution is -0.141. The summed E-state index contributed by atoms with van der Waals surface area (Å²) in [5.74, 6) is -0.852. The Morgan fingerprint density at radius 3 is 2.56 bits per heavy atom. The van der Waals surface area contributed by atoms with Crippen LogP contribution >= 0.6 is 0 Å². The average Bonchev–Trinajstić information content (AvgIpc) is 2.93. The Labute approximate surface area is 238 Å². The molecule has 5 N–H and O–H groups in total. The molecule has 0 spiro atoms. The summed E-state index contributed by atoms with van der Waals surface area (Å²) in [5.41, 5.74) is -1.94. The number of carbonyl (C=O) groups excluding carboxylic acids is 1. The molecular formula is C29H39F3N6O3. The number of halogens is 3. The number of likely N-dealkylation sites (tertiary alicyclic amines) is 1. The molecule has 12 heteroatoms. The van der Waals surface area contributed by atoms with E-state index in [-0.39, 0.29) is 23.0 Å². The Kier molecular flexibility index (Phi) is 10.0. The average molecular weight is 577 g/mol. The van der Waals surface area contributed by atoms with Gasteiger partial charge in [0, 0.05) is 48.7 Å². The predicted molar refractivity (Wildman–Crippen MR) is 149 cm³/mol. The van der Waals surface area contributed by atoms with Gasteiger partial charge in [0.15, 0.2) is 0 Å². The van der Waals surface area contributed by atoms with E-state index in [9.17, 15) is 23.1 Å². The van der Waals surface area contributed by atoms with E-state index < -0.39 is 29.1 Å². The summed E-state index contributed by atoms with van der Waals surface area (Å²) in [7, 11) is 0. The fourth-order valence-electron chi connectivity index (χ4n) is 5.09. The summed E-state index contributed by atoms with van der Waals surface area (Å²) in [6.45, 7) is 8.53. The van der Waals surface area contributed by atoms with Gasteiger partial charge in [0.25, 0.3) is 5.91 Å². The number of carbonyl (C=O) groups is 1. The maximum absolute atomic E-state index is 13.1. The van der Waals surface area contributed by atoms with E-state index in [1.807, 2.05) is 0 Å². The van der Waals surface area contributed by atoms with E-state index in [0.717, 1.165) is 77.1 Å². The van der Waals surface area contributed by atoms with Gasteiger partial charge in [-0.1, -0.05) is 6.07 Å². The van der Waals surface area contributed by atoms with Gasteiger partial charge in [-0.2, -0.15) is 13.2 Å². The van der Waals surface area contributed by atoms with E-state index in [0.29, 0.717) is 11.7 Å². The van der Waals surface area contributed by atoms with Gasteiger partial charge in [-0.3, -0.25) is 4.79 Å². The Hall–Kier alpha value is -3.06. The van der Waals surface area contributed by atoms with Gasteiger partial charge in [-0.25, -0.2) is 4.98 Å². The number of nitrogens with zero attached hydrogens (tertiary/aromatic N) is 2. The van der Waals surface area contributed by atoms with Crippen molar-refractivity contribution in [3.63, 3.8) is 0 Å². The van der Waals surface area contributed by atoms with Crippen LogP contribution in [0.3, 0.4) is 0 Å². The molecule has 0 atom stereocenters. The third-order valence-corrected chi connectivity index (χ3v) is 7.48. The number of aliphatic hydroxyl groups is 1. The zero-order chi connectivity index (χ0) is 29.6. The lowest BCUT2D eigenvalue weighted by Gasteiger charge is -2.33. The van der Waals surface area contributed by atoms with Crippen LogP contribution in [0.25, 0.3) is 0 Å². The summed E-state index contributed by atoms with van der Waals surface area (Å²) in [6.07, 6.45) is 4.33. The molecule has 41 heavy (non-hydrogen) atoms. The van der Waals surface area contributed by atoms with Crippen molar-refractivity contribution in [3.05, 3.63) is 64.8 Å². The van der Waals surface area contributed by atoms with Crippen LogP contribution in [0.2, 0.25) is 0 Å². The summed E-state index contributed by atoms with van der Waals surface area (Å²) in [6, 6.07) is 3.30. The standard InChI is InChI=1S/C29H39F3N6O3/c1-28(2,40)22-17-23(33)19(16-25(22)37-27(39)24-4-3-5-26(36-24)29(30,31)32)18-35-20-8-12-38(13-9-20)14-15-41-21-6-10-34-11-7-21/h3-5,16-18,20-21,33-35,40H,6-15H2,1-2H3,(H,37,39)/b19-18-,33-23?. The van der Waals surface area contributed by atoms with E-state index in [2.05, 4.69) is 25.8 Å². The molecule has 224 valence electrons. The van der Waals surface area contributed by atoms with Crippen molar-refractivity contribution in [1.82, 2.24) is 25.8 Å². The first-order valence-electron chi connectivity index (χ1n) is 14.0. The number of hydrogen-bond acceptors (Lipinski definition) is 8. The van der Waals surface area contributed by atoms with E-state index >= 15 is 0 Å². The Morgan fingerprint density at radius 2 is 1.90 bits per heavy atom. The van der Waals surface area contributed by atoms with Crippen LogP contribution in [0.15, 0.2) is 53.4 Å². The summed E-state index contributed by atoms with van der Waals surface area (Å²) in [5, 5.41) is 28.5. The first-order valence-corrected chi connectivity index (χ1v) is 14.0. The fraction of sp³-hybridized carbons (Fsp3) is 0.552. The van der Waals surface area contributed by atoms with E-state index in [4.69, 9.17) is 10.1 Å². The molecule has 0 bridgehead atoms. The molecule has 2 fully saturated rings. The number of ether oxygens (including phenoxy) is 1. The molecule has 0 aromatic carbocycles. The smallest absolute Gasteiger partial charge is 0.388 e. The highest BCUT2D eigenvalue weighted by Gasteiger charge is 2.33. The summed E-state index contributed by atoms with van der Waals surface area (Å²) < 4.78 is 45.3. The zero-order valence-electron chi connectivity index (χ0n) is 23.5. The lowest BCUT2D eigenvalue weighted by Crippen LogP contribution is -2.43. The molecule has 2 aliphatic heterocycles. The predicted octanol–water partition coefficient (Wildman–Crippen LogP) is 3.15. The minimum absolute atomic E-state index is 0.136. The first kappa shape index (κ1) is 30.9. The van der Waals surface area contributed by atoms with Gasteiger partial charge in [-0.05, 0) is 76.9 Å². The number of rotatable bonds is 9. The molecule has 0 unspecified atom stereocenters. The maximum atomic E-state index is 13.1.